The average molecular weight is 270 g/mol. The van der Waals surface area contributed by atoms with Gasteiger partial charge in [0, 0.05) is 5.41 Å². The first-order chi connectivity index (χ1) is 9.40. The van der Waals surface area contributed by atoms with Gasteiger partial charge in [0.2, 0.25) is 0 Å². The first-order valence-electron chi connectivity index (χ1n) is 6.71. The molecular weight excluding hydrogens is 252 g/mol. The lowest BCUT2D eigenvalue weighted by atomic mass is 9.76. The molecule has 1 atom stereocenters. The Balaban J connectivity index is 2.28. The molecule has 3 rings (SSSR count). The maximum Gasteiger partial charge on any atom is 0.340 e. The molecule has 20 heavy (non-hydrogen) atoms. The number of benzene rings is 1. The summed E-state index contributed by atoms with van der Waals surface area (Å²) in [7, 11) is 1.63. The molecule has 0 N–H and O–H groups in total. The predicted octanol–water partition coefficient (Wildman–Crippen LogP) is 3.33. The van der Waals surface area contributed by atoms with Crippen molar-refractivity contribution in [3.05, 3.63) is 53.3 Å². The molecule has 1 aromatic rings. The minimum Gasteiger partial charge on any atom is -0.497 e. The maximum absolute atomic E-state index is 12.4. The molecule has 0 saturated carbocycles. The summed E-state index contributed by atoms with van der Waals surface area (Å²) >= 11 is 0. The van der Waals surface area contributed by atoms with Crippen molar-refractivity contribution in [2.75, 3.05) is 7.11 Å². The molecule has 2 aliphatic rings. The topological polar surface area (TPSA) is 35.5 Å². The van der Waals surface area contributed by atoms with Crippen molar-refractivity contribution in [3.8, 4) is 0 Å². The van der Waals surface area contributed by atoms with Gasteiger partial charge in [0.25, 0.3) is 0 Å². The van der Waals surface area contributed by atoms with Crippen LogP contribution in [0.4, 0.5) is 0 Å². The number of fused-ring (bicyclic) bond motifs is 1. The van der Waals surface area contributed by atoms with Gasteiger partial charge in [0.05, 0.1) is 18.3 Å². The molecule has 0 amide bonds. The van der Waals surface area contributed by atoms with Gasteiger partial charge in [-0.25, -0.2) is 4.79 Å². The van der Waals surface area contributed by atoms with Gasteiger partial charge in [-0.05, 0) is 18.6 Å². The Bertz CT molecular complexity index is 637. The van der Waals surface area contributed by atoms with Crippen molar-refractivity contribution in [3.63, 3.8) is 0 Å². The molecule has 1 aliphatic carbocycles. The van der Waals surface area contributed by atoms with Gasteiger partial charge in [-0.15, -0.1) is 0 Å². The number of esters is 1. The fourth-order valence-electron chi connectivity index (χ4n) is 3.01. The largest absolute Gasteiger partial charge is 0.497 e. The fraction of sp³-hybridized carbons (Fsp3) is 0.353. The van der Waals surface area contributed by atoms with Gasteiger partial charge in [0.15, 0.2) is 0 Å². The van der Waals surface area contributed by atoms with Crippen LogP contribution >= 0.6 is 0 Å². The van der Waals surface area contributed by atoms with Crippen LogP contribution in [0.1, 0.15) is 26.3 Å². The van der Waals surface area contributed by atoms with E-state index in [9.17, 15) is 4.79 Å². The summed E-state index contributed by atoms with van der Waals surface area (Å²) in [5.74, 6) is 0.464. The highest BCUT2D eigenvalue weighted by atomic mass is 16.6. The van der Waals surface area contributed by atoms with E-state index in [0.29, 0.717) is 5.57 Å². The second-order valence-electron chi connectivity index (χ2n) is 5.97. The van der Waals surface area contributed by atoms with E-state index >= 15 is 0 Å². The van der Waals surface area contributed by atoms with Crippen molar-refractivity contribution < 1.29 is 14.3 Å². The average Bonchev–Trinajstić information content (AvgIpc) is 2.79. The SMILES string of the molecule is COC1=CC(C)(C)C2(C)OC(=O)C(c3ccccc3)=C12. The van der Waals surface area contributed by atoms with Crippen molar-refractivity contribution in [2.45, 2.75) is 26.4 Å². The highest BCUT2D eigenvalue weighted by Gasteiger charge is 2.58. The maximum atomic E-state index is 12.4. The third kappa shape index (κ3) is 1.49. The Morgan fingerprint density at radius 1 is 1.10 bits per heavy atom. The van der Waals surface area contributed by atoms with Crippen molar-refractivity contribution in [2.24, 2.45) is 5.41 Å². The Morgan fingerprint density at radius 2 is 1.75 bits per heavy atom. The van der Waals surface area contributed by atoms with E-state index in [4.69, 9.17) is 9.47 Å². The van der Waals surface area contributed by atoms with Gasteiger partial charge < -0.3 is 9.47 Å². The molecule has 0 fully saturated rings. The Morgan fingerprint density at radius 3 is 2.35 bits per heavy atom. The summed E-state index contributed by atoms with van der Waals surface area (Å²) in [6, 6.07) is 9.62. The number of ether oxygens (including phenoxy) is 2. The number of carbonyl (C=O) groups excluding carboxylic acids is 1. The van der Waals surface area contributed by atoms with Gasteiger partial charge in [-0.3, -0.25) is 0 Å². The molecule has 0 bridgehead atoms. The summed E-state index contributed by atoms with van der Waals surface area (Å²) in [6.45, 7) is 6.07. The highest BCUT2D eigenvalue weighted by molar-refractivity contribution is 6.21. The molecule has 0 radical (unpaired) electrons. The van der Waals surface area contributed by atoms with Crippen molar-refractivity contribution >= 4 is 11.5 Å². The smallest absolute Gasteiger partial charge is 0.340 e. The zero-order valence-corrected chi connectivity index (χ0v) is 12.2. The number of methoxy groups -OCH3 is 1. The summed E-state index contributed by atoms with van der Waals surface area (Å²) in [6.07, 6.45) is 2.04. The minimum absolute atomic E-state index is 0.274. The van der Waals surface area contributed by atoms with E-state index in [-0.39, 0.29) is 11.4 Å². The van der Waals surface area contributed by atoms with Crippen molar-refractivity contribution in [1.29, 1.82) is 0 Å². The Labute approximate surface area is 118 Å². The predicted molar refractivity (Wildman–Crippen MR) is 76.7 cm³/mol. The van der Waals surface area contributed by atoms with E-state index in [1.807, 2.05) is 43.3 Å². The fourth-order valence-corrected chi connectivity index (χ4v) is 3.01. The lowest BCUT2D eigenvalue weighted by molar-refractivity contribution is -0.149. The number of hydrogen-bond acceptors (Lipinski definition) is 3. The first-order valence-corrected chi connectivity index (χ1v) is 6.71. The van der Waals surface area contributed by atoms with E-state index in [0.717, 1.165) is 16.9 Å². The summed E-state index contributed by atoms with van der Waals surface area (Å²) in [5, 5.41) is 0. The molecule has 1 aliphatic heterocycles. The van der Waals surface area contributed by atoms with E-state index in [2.05, 4.69) is 13.8 Å². The van der Waals surface area contributed by atoms with E-state index in [1.54, 1.807) is 7.11 Å². The molecule has 1 heterocycles. The quantitative estimate of drug-likeness (QED) is 0.773. The second kappa shape index (κ2) is 3.98. The zero-order valence-electron chi connectivity index (χ0n) is 12.2. The van der Waals surface area contributed by atoms with Gasteiger partial charge in [-0.1, -0.05) is 44.2 Å². The highest BCUT2D eigenvalue weighted by Crippen LogP contribution is 2.56. The van der Waals surface area contributed by atoms with Crippen LogP contribution in [0.25, 0.3) is 5.57 Å². The van der Waals surface area contributed by atoms with Crippen LogP contribution in [0.5, 0.6) is 0 Å². The molecule has 1 unspecified atom stereocenters. The molecule has 0 aromatic heterocycles. The Hall–Kier alpha value is -2.03. The lowest BCUT2D eigenvalue weighted by Gasteiger charge is -2.34. The lowest BCUT2D eigenvalue weighted by Crippen LogP contribution is -2.39. The molecule has 104 valence electrons. The van der Waals surface area contributed by atoms with Crippen LogP contribution in [0, 0.1) is 5.41 Å². The molecule has 1 aromatic carbocycles. The third-order valence-electron chi connectivity index (χ3n) is 4.48. The molecule has 3 heteroatoms. The van der Waals surface area contributed by atoms with Crippen LogP contribution in [0.2, 0.25) is 0 Å². The van der Waals surface area contributed by atoms with Crippen LogP contribution in [0.3, 0.4) is 0 Å². The summed E-state index contributed by atoms with van der Waals surface area (Å²) in [4.78, 5) is 12.4. The van der Waals surface area contributed by atoms with E-state index in [1.165, 1.54) is 0 Å². The number of carbonyl (C=O) groups is 1. The zero-order chi connectivity index (χ0) is 14.5. The van der Waals surface area contributed by atoms with Crippen LogP contribution in [-0.4, -0.2) is 18.7 Å². The monoisotopic (exact) mass is 270 g/mol. The summed E-state index contributed by atoms with van der Waals surface area (Å²) < 4.78 is 11.2. The van der Waals surface area contributed by atoms with Crippen molar-refractivity contribution in [1.82, 2.24) is 0 Å². The molecule has 3 nitrogen and oxygen atoms in total. The third-order valence-corrected chi connectivity index (χ3v) is 4.48. The normalized spacial score (nSPS) is 27.2. The standard InChI is InChI=1S/C17H18O3/c1-16(2)10-12(19-4)14-13(11-8-6-5-7-9-11)15(18)20-17(14,16)3/h5-10H,1-4H3. The number of rotatable bonds is 2. The minimum atomic E-state index is -0.666. The van der Waals surface area contributed by atoms with Gasteiger partial charge in [0.1, 0.15) is 11.4 Å². The van der Waals surface area contributed by atoms with Gasteiger partial charge in [-0.2, -0.15) is 0 Å². The number of hydrogen-bond donors (Lipinski definition) is 0. The van der Waals surface area contributed by atoms with Crippen LogP contribution in [-0.2, 0) is 14.3 Å². The molecular formula is C17H18O3. The van der Waals surface area contributed by atoms with Crippen LogP contribution in [0.15, 0.2) is 47.7 Å². The van der Waals surface area contributed by atoms with Gasteiger partial charge >= 0.3 is 5.97 Å². The Kier molecular flexibility index (Phi) is 2.58. The molecule has 0 saturated heterocycles. The van der Waals surface area contributed by atoms with Crippen LogP contribution < -0.4 is 0 Å². The first kappa shape index (κ1) is 13.0. The second-order valence-corrected chi connectivity index (χ2v) is 5.97. The molecule has 0 spiro atoms. The van der Waals surface area contributed by atoms with E-state index < -0.39 is 5.60 Å². The summed E-state index contributed by atoms with van der Waals surface area (Å²) in [5.41, 5.74) is 1.39.